The van der Waals surface area contributed by atoms with Crippen LogP contribution in [-0.2, 0) is 65.4 Å². The molecular formula is C75H142O17P2. The molecule has 0 heterocycles. The Kier molecular flexibility index (Phi) is 65.9. The van der Waals surface area contributed by atoms with Crippen LogP contribution in [0, 0.1) is 5.92 Å². The Bertz CT molecular complexity index is 1900. The quantitative estimate of drug-likeness (QED) is 0.0169. The van der Waals surface area contributed by atoms with E-state index < -0.39 is 97.5 Å². The predicted octanol–water partition coefficient (Wildman–Crippen LogP) is 21.6. The molecule has 0 aliphatic carbocycles. The number of allylic oxidation sites excluding steroid dienone is 4. The minimum atomic E-state index is -4.96. The van der Waals surface area contributed by atoms with Crippen molar-refractivity contribution >= 4 is 39.5 Å². The number of carbonyl (C=O) groups is 4. The van der Waals surface area contributed by atoms with Crippen LogP contribution >= 0.6 is 15.6 Å². The van der Waals surface area contributed by atoms with Crippen molar-refractivity contribution in [1.82, 2.24) is 0 Å². The number of ether oxygens (including phenoxy) is 4. The molecular weight excluding hydrogens is 1230 g/mol. The molecule has 0 fully saturated rings. The summed E-state index contributed by atoms with van der Waals surface area (Å²) < 4.78 is 68.3. The van der Waals surface area contributed by atoms with Crippen LogP contribution < -0.4 is 0 Å². The maximum atomic E-state index is 13.1. The molecule has 0 spiro atoms. The first kappa shape index (κ1) is 91.5. The van der Waals surface area contributed by atoms with Gasteiger partial charge in [0.1, 0.15) is 19.3 Å². The van der Waals surface area contributed by atoms with Crippen molar-refractivity contribution in [2.75, 3.05) is 39.6 Å². The molecule has 0 aromatic rings. The van der Waals surface area contributed by atoms with E-state index in [1.807, 2.05) is 0 Å². The first-order chi connectivity index (χ1) is 45.5. The third-order valence-corrected chi connectivity index (χ3v) is 18.8. The summed E-state index contributed by atoms with van der Waals surface area (Å²) in [5.41, 5.74) is 0. The second-order valence-corrected chi connectivity index (χ2v) is 29.7. The molecule has 0 aliphatic heterocycles. The van der Waals surface area contributed by atoms with Gasteiger partial charge in [0, 0.05) is 25.7 Å². The lowest BCUT2D eigenvalue weighted by atomic mass is 10.0. The number of aliphatic hydroxyl groups excluding tert-OH is 1. The molecule has 0 aromatic heterocycles. The standard InChI is InChI=1S/C75H142O17P2/c1-6-9-12-15-18-21-23-24-29-33-36-40-44-49-54-59-73(78)86-65-71(92-75(80)61-56-51-46-41-37-34-31-28-26-25-27-30-32-35-38-42-47-52-57-68(4)5)67-90-94(83,84)88-63-69(76)62-87-93(81,82)89-66-70(64-85-72(77)58-53-48-43-20-17-14-11-8-3)91-74(79)60-55-50-45-39-22-19-16-13-10-7-2/h21,23-24,29,68-71,76H,6-20,22,25-28,30-67H2,1-5H3,(H,81,82)(H,83,84)/b23-21-,29-24-/t69-,70+,71+/m0/s1. The molecule has 19 heteroatoms. The van der Waals surface area contributed by atoms with Crippen molar-refractivity contribution in [3.05, 3.63) is 24.3 Å². The van der Waals surface area contributed by atoms with Crippen LogP contribution in [0.1, 0.15) is 369 Å². The Morgan fingerprint density at radius 2 is 0.574 bits per heavy atom. The van der Waals surface area contributed by atoms with E-state index >= 15 is 0 Å². The lowest BCUT2D eigenvalue weighted by Gasteiger charge is -2.21. The Hall–Kier alpha value is -2.46. The van der Waals surface area contributed by atoms with E-state index in [0.29, 0.717) is 25.7 Å². The zero-order valence-electron chi connectivity index (χ0n) is 60.6. The van der Waals surface area contributed by atoms with E-state index in [2.05, 4.69) is 58.9 Å². The number of hydrogen-bond donors (Lipinski definition) is 3. The molecule has 0 amide bonds. The zero-order valence-corrected chi connectivity index (χ0v) is 62.4. The van der Waals surface area contributed by atoms with E-state index in [0.717, 1.165) is 121 Å². The van der Waals surface area contributed by atoms with Crippen LogP contribution in [0.25, 0.3) is 0 Å². The van der Waals surface area contributed by atoms with Gasteiger partial charge in [0.05, 0.1) is 26.4 Å². The van der Waals surface area contributed by atoms with Gasteiger partial charge in [-0.15, -0.1) is 0 Å². The van der Waals surface area contributed by atoms with Gasteiger partial charge in [0.25, 0.3) is 0 Å². The molecule has 94 heavy (non-hydrogen) atoms. The Labute approximate surface area is 573 Å². The zero-order chi connectivity index (χ0) is 69.1. The summed E-state index contributed by atoms with van der Waals surface area (Å²) in [6.45, 7) is 7.21. The number of aliphatic hydroxyl groups is 1. The summed E-state index contributed by atoms with van der Waals surface area (Å²) in [5.74, 6) is -1.33. The van der Waals surface area contributed by atoms with Crippen LogP contribution in [0.3, 0.4) is 0 Å². The van der Waals surface area contributed by atoms with Gasteiger partial charge in [-0.2, -0.15) is 0 Å². The molecule has 0 saturated heterocycles. The molecule has 0 saturated carbocycles. The molecule has 17 nitrogen and oxygen atoms in total. The number of carbonyl (C=O) groups excluding carboxylic acids is 4. The fourth-order valence-electron chi connectivity index (χ4n) is 11.0. The Morgan fingerprint density at radius 1 is 0.330 bits per heavy atom. The number of phosphoric ester groups is 2. The molecule has 5 atom stereocenters. The SMILES string of the molecule is CCCCCC/C=C\C=C/CCCCCCCC(=O)OC[C@H](COP(=O)(O)OC[C@@H](O)COP(=O)(O)OC[C@@H](COC(=O)CCCCCCCCCC)OC(=O)CCCCCCCCCCCC)OC(=O)CCCCCCCCCCCCCCCCCCCCC(C)C. The number of hydrogen-bond acceptors (Lipinski definition) is 15. The van der Waals surface area contributed by atoms with Crippen LogP contribution in [0.5, 0.6) is 0 Å². The van der Waals surface area contributed by atoms with Crippen LogP contribution in [0.4, 0.5) is 0 Å². The molecule has 3 N–H and O–H groups in total. The molecule has 0 rings (SSSR count). The Morgan fingerprint density at radius 3 is 0.872 bits per heavy atom. The highest BCUT2D eigenvalue weighted by atomic mass is 31.2. The predicted molar refractivity (Wildman–Crippen MR) is 381 cm³/mol. The first-order valence-electron chi connectivity index (χ1n) is 38.5. The van der Waals surface area contributed by atoms with Gasteiger partial charge in [-0.1, -0.05) is 316 Å². The van der Waals surface area contributed by atoms with Gasteiger partial charge < -0.3 is 33.8 Å². The average molecular weight is 1380 g/mol. The summed E-state index contributed by atoms with van der Waals surface area (Å²) in [4.78, 5) is 72.6. The highest BCUT2D eigenvalue weighted by Gasteiger charge is 2.30. The van der Waals surface area contributed by atoms with Crippen molar-refractivity contribution in [2.45, 2.75) is 387 Å². The van der Waals surface area contributed by atoms with Gasteiger partial charge in [-0.3, -0.25) is 37.3 Å². The largest absolute Gasteiger partial charge is 0.472 e. The lowest BCUT2D eigenvalue weighted by Crippen LogP contribution is -2.30. The van der Waals surface area contributed by atoms with Gasteiger partial charge in [0.2, 0.25) is 0 Å². The average Bonchev–Trinajstić information content (AvgIpc) is 1.20. The molecule has 0 bridgehead atoms. The van der Waals surface area contributed by atoms with Gasteiger partial charge in [-0.05, 0) is 57.3 Å². The number of rotatable bonds is 73. The van der Waals surface area contributed by atoms with E-state index in [1.54, 1.807) is 0 Å². The summed E-state index contributed by atoms with van der Waals surface area (Å²) in [6, 6.07) is 0. The van der Waals surface area contributed by atoms with Crippen LogP contribution in [-0.4, -0.2) is 96.7 Å². The third-order valence-electron chi connectivity index (χ3n) is 16.9. The fourth-order valence-corrected chi connectivity index (χ4v) is 12.6. The van der Waals surface area contributed by atoms with E-state index in [-0.39, 0.29) is 25.7 Å². The number of phosphoric acid groups is 2. The summed E-state index contributed by atoms with van der Waals surface area (Å²) in [6.07, 6.45) is 59.2. The smallest absolute Gasteiger partial charge is 0.462 e. The number of unbranched alkanes of at least 4 members (excludes halogenated alkanes) is 42. The van der Waals surface area contributed by atoms with Crippen LogP contribution in [0.15, 0.2) is 24.3 Å². The normalized spacial score (nSPS) is 14.1. The minimum absolute atomic E-state index is 0.102. The Balaban J connectivity index is 5.20. The van der Waals surface area contributed by atoms with Crippen LogP contribution in [0.2, 0.25) is 0 Å². The second kappa shape index (κ2) is 67.7. The van der Waals surface area contributed by atoms with Gasteiger partial charge in [-0.25, -0.2) is 9.13 Å². The molecule has 554 valence electrons. The van der Waals surface area contributed by atoms with Gasteiger partial charge in [0.15, 0.2) is 12.2 Å². The monoisotopic (exact) mass is 1380 g/mol. The lowest BCUT2D eigenvalue weighted by molar-refractivity contribution is -0.161. The van der Waals surface area contributed by atoms with Crippen molar-refractivity contribution in [1.29, 1.82) is 0 Å². The van der Waals surface area contributed by atoms with E-state index in [9.17, 15) is 43.2 Å². The second-order valence-electron chi connectivity index (χ2n) is 26.8. The third kappa shape index (κ3) is 68.1. The van der Waals surface area contributed by atoms with Crippen molar-refractivity contribution < 1.29 is 80.2 Å². The van der Waals surface area contributed by atoms with Crippen molar-refractivity contribution in [3.63, 3.8) is 0 Å². The molecule has 0 aromatic carbocycles. The highest BCUT2D eigenvalue weighted by Crippen LogP contribution is 2.45. The topological polar surface area (TPSA) is 237 Å². The molecule has 0 radical (unpaired) electrons. The summed E-state index contributed by atoms with van der Waals surface area (Å²) in [5, 5.41) is 10.6. The summed E-state index contributed by atoms with van der Waals surface area (Å²) >= 11 is 0. The van der Waals surface area contributed by atoms with Crippen molar-refractivity contribution in [2.24, 2.45) is 5.92 Å². The minimum Gasteiger partial charge on any atom is -0.462 e. The molecule has 0 aliphatic rings. The molecule has 2 unspecified atom stereocenters. The van der Waals surface area contributed by atoms with E-state index in [4.69, 9.17) is 37.0 Å². The highest BCUT2D eigenvalue weighted by molar-refractivity contribution is 7.47. The maximum Gasteiger partial charge on any atom is 0.472 e. The van der Waals surface area contributed by atoms with Gasteiger partial charge >= 0.3 is 39.5 Å². The number of esters is 4. The van der Waals surface area contributed by atoms with E-state index in [1.165, 1.54) is 167 Å². The fraction of sp³-hybridized carbons (Fsp3) is 0.893. The first-order valence-corrected chi connectivity index (χ1v) is 41.4. The maximum absolute atomic E-state index is 13.1. The van der Waals surface area contributed by atoms with Crippen molar-refractivity contribution in [3.8, 4) is 0 Å². The summed E-state index contributed by atoms with van der Waals surface area (Å²) in [7, 11) is -9.91.